The van der Waals surface area contributed by atoms with Crippen molar-refractivity contribution in [2.75, 3.05) is 19.6 Å². The van der Waals surface area contributed by atoms with E-state index in [0.717, 1.165) is 36.3 Å². The molecule has 2 aromatic rings. The predicted octanol–water partition coefficient (Wildman–Crippen LogP) is 2.95. The molecule has 2 N–H and O–H groups in total. The Bertz CT molecular complexity index is 816. The molecule has 1 unspecified atom stereocenters. The minimum absolute atomic E-state index is 0. The molecule has 0 amide bonds. The van der Waals surface area contributed by atoms with E-state index in [2.05, 4.69) is 10.6 Å². The van der Waals surface area contributed by atoms with E-state index in [1.807, 2.05) is 38.1 Å². The van der Waals surface area contributed by atoms with Gasteiger partial charge >= 0.3 is 0 Å². The number of sulfone groups is 1. The van der Waals surface area contributed by atoms with Gasteiger partial charge in [0.15, 0.2) is 0 Å². The van der Waals surface area contributed by atoms with Gasteiger partial charge in [-0.05, 0) is 37.1 Å². The average molecular weight is 411 g/mol. The third-order valence-corrected chi connectivity index (χ3v) is 6.23. The second-order valence-electron chi connectivity index (χ2n) is 6.02. The standard InChI is InChI=1S/C18H22N2O2S.BrH/c1-13-7-8-17(14(2)11-13)23(21,22)18-6-4-3-5-15(18)16-12-19-9-10-20-16;/h3-8,11,16,19-20H,9-10,12H2,1-2H3;1H. The van der Waals surface area contributed by atoms with E-state index in [9.17, 15) is 8.42 Å². The SMILES string of the molecule is Br.Cc1ccc(S(=O)(=O)c2ccccc2C2CNCCN2)c(C)c1. The minimum atomic E-state index is -3.53. The molecule has 0 aliphatic carbocycles. The van der Waals surface area contributed by atoms with E-state index >= 15 is 0 Å². The molecule has 0 saturated carbocycles. The Labute approximate surface area is 154 Å². The van der Waals surface area contributed by atoms with Crippen molar-refractivity contribution in [3.05, 3.63) is 59.2 Å². The fourth-order valence-electron chi connectivity index (χ4n) is 3.11. The first kappa shape index (κ1) is 19.1. The van der Waals surface area contributed by atoms with Crippen molar-refractivity contribution >= 4 is 26.8 Å². The summed E-state index contributed by atoms with van der Waals surface area (Å²) in [6.45, 7) is 6.29. The Kier molecular flexibility index (Phi) is 6.20. The number of hydrogen-bond acceptors (Lipinski definition) is 4. The van der Waals surface area contributed by atoms with Crippen molar-refractivity contribution in [2.45, 2.75) is 29.7 Å². The number of halogens is 1. The molecule has 1 aliphatic heterocycles. The maximum atomic E-state index is 13.2. The number of hydrogen-bond donors (Lipinski definition) is 2. The van der Waals surface area contributed by atoms with E-state index in [-0.39, 0.29) is 23.0 Å². The smallest absolute Gasteiger partial charge is 0.207 e. The molecule has 3 rings (SSSR count). The van der Waals surface area contributed by atoms with Crippen LogP contribution in [-0.2, 0) is 9.84 Å². The summed E-state index contributed by atoms with van der Waals surface area (Å²) in [4.78, 5) is 0.785. The van der Waals surface area contributed by atoms with E-state index in [1.165, 1.54) is 0 Å². The van der Waals surface area contributed by atoms with Crippen LogP contribution in [0.4, 0.5) is 0 Å². The summed E-state index contributed by atoms with van der Waals surface area (Å²) >= 11 is 0. The topological polar surface area (TPSA) is 58.2 Å². The quantitative estimate of drug-likeness (QED) is 0.816. The first-order chi connectivity index (χ1) is 11.0. The Morgan fingerprint density at radius 3 is 2.42 bits per heavy atom. The highest BCUT2D eigenvalue weighted by Gasteiger charge is 2.26. The molecule has 0 spiro atoms. The zero-order valence-corrected chi connectivity index (χ0v) is 16.4. The zero-order valence-electron chi connectivity index (χ0n) is 13.9. The lowest BCUT2D eigenvalue weighted by atomic mass is 10.1. The third kappa shape index (κ3) is 3.72. The summed E-state index contributed by atoms with van der Waals surface area (Å²) in [6, 6.07) is 12.8. The Morgan fingerprint density at radius 1 is 1.00 bits per heavy atom. The van der Waals surface area contributed by atoms with Crippen LogP contribution in [0.1, 0.15) is 22.7 Å². The van der Waals surface area contributed by atoms with Gasteiger partial charge in [-0.3, -0.25) is 0 Å². The highest BCUT2D eigenvalue weighted by molar-refractivity contribution is 8.93. The maximum absolute atomic E-state index is 13.2. The molecule has 0 radical (unpaired) electrons. The van der Waals surface area contributed by atoms with E-state index < -0.39 is 9.84 Å². The molecular weight excluding hydrogens is 388 g/mol. The van der Waals surface area contributed by atoms with E-state index in [0.29, 0.717) is 9.79 Å². The van der Waals surface area contributed by atoms with Gasteiger partial charge in [-0.25, -0.2) is 8.42 Å². The zero-order chi connectivity index (χ0) is 16.4. The van der Waals surface area contributed by atoms with Crippen LogP contribution >= 0.6 is 17.0 Å². The molecule has 1 atom stereocenters. The lowest BCUT2D eigenvalue weighted by molar-refractivity contribution is 0.425. The Balaban J connectivity index is 0.00000208. The average Bonchev–Trinajstić information content (AvgIpc) is 2.55. The summed E-state index contributed by atoms with van der Waals surface area (Å²) in [6.07, 6.45) is 0. The van der Waals surface area contributed by atoms with Crippen molar-refractivity contribution in [1.82, 2.24) is 10.6 Å². The normalized spacial score (nSPS) is 18.0. The molecule has 24 heavy (non-hydrogen) atoms. The van der Waals surface area contributed by atoms with Gasteiger partial charge in [0, 0.05) is 25.7 Å². The van der Waals surface area contributed by atoms with Gasteiger partial charge in [0.1, 0.15) is 0 Å². The number of rotatable bonds is 3. The monoisotopic (exact) mass is 410 g/mol. The third-order valence-electron chi connectivity index (χ3n) is 4.24. The van der Waals surface area contributed by atoms with Crippen molar-refractivity contribution in [1.29, 1.82) is 0 Å². The van der Waals surface area contributed by atoms with Gasteiger partial charge in [-0.1, -0.05) is 35.9 Å². The molecule has 2 aromatic carbocycles. The van der Waals surface area contributed by atoms with Gasteiger partial charge in [-0.2, -0.15) is 0 Å². The van der Waals surface area contributed by atoms with E-state index in [1.54, 1.807) is 18.2 Å². The van der Waals surface area contributed by atoms with Gasteiger partial charge < -0.3 is 10.6 Å². The minimum Gasteiger partial charge on any atom is -0.314 e. The summed E-state index contributed by atoms with van der Waals surface area (Å²) in [5, 5.41) is 6.71. The van der Waals surface area contributed by atoms with Gasteiger partial charge in [0.05, 0.1) is 9.79 Å². The maximum Gasteiger partial charge on any atom is 0.207 e. The highest BCUT2D eigenvalue weighted by atomic mass is 79.9. The summed E-state index contributed by atoms with van der Waals surface area (Å²) in [5.74, 6) is 0. The number of aryl methyl sites for hydroxylation is 2. The lowest BCUT2D eigenvalue weighted by Crippen LogP contribution is -2.43. The van der Waals surface area contributed by atoms with Crippen molar-refractivity contribution in [3.8, 4) is 0 Å². The van der Waals surface area contributed by atoms with Crippen LogP contribution in [0.5, 0.6) is 0 Å². The summed E-state index contributed by atoms with van der Waals surface area (Å²) < 4.78 is 26.4. The molecule has 0 aromatic heterocycles. The molecule has 4 nitrogen and oxygen atoms in total. The van der Waals surface area contributed by atoms with Crippen LogP contribution < -0.4 is 10.6 Å². The van der Waals surface area contributed by atoms with Crippen LogP contribution in [0.2, 0.25) is 0 Å². The van der Waals surface area contributed by atoms with E-state index in [4.69, 9.17) is 0 Å². The second-order valence-corrected chi connectivity index (χ2v) is 7.91. The molecule has 1 fully saturated rings. The first-order valence-electron chi connectivity index (χ1n) is 7.85. The predicted molar refractivity (Wildman–Crippen MR) is 102 cm³/mol. The Hall–Kier alpha value is -1.21. The fraction of sp³-hybridized carbons (Fsp3) is 0.333. The summed E-state index contributed by atoms with van der Waals surface area (Å²) in [7, 11) is -3.53. The van der Waals surface area contributed by atoms with Crippen LogP contribution in [0, 0.1) is 13.8 Å². The molecule has 1 saturated heterocycles. The van der Waals surface area contributed by atoms with Crippen LogP contribution in [0.25, 0.3) is 0 Å². The van der Waals surface area contributed by atoms with Crippen molar-refractivity contribution in [3.63, 3.8) is 0 Å². The molecule has 6 heteroatoms. The fourth-order valence-corrected chi connectivity index (χ4v) is 4.85. The molecular formula is C18H23BrN2O2S. The van der Waals surface area contributed by atoms with Crippen molar-refractivity contribution in [2.24, 2.45) is 0 Å². The van der Waals surface area contributed by atoms with Gasteiger partial charge in [0.25, 0.3) is 0 Å². The van der Waals surface area contributed by atoms with Crippen molar-refractivity contribution < 1.29 is 8.42 Å². The van der Waals surface area contributed by atoms with Gasteiger partial charge in [-0.15, -0.1) is 17.0 Å². The number of piperazine rings is 1. The second kappa shape index (κ2) is 7.78. The van der Waals surface area contributed by atoms with Crippen LogP contribution in [-0.4, -0.2) is 28.1 Å². The molecule has 1 aliphatic rings. The Morgan fingerprint density at radius 2 is 1.75 bits per heavy atom. The highest BCUT2D eigenvalue weighted by Crippen LogP contribution is 2.30. The number of benzene rings is 2. The molecule has 0 bridgehead atoms. The van der Waals surface area contributed by atoms with Crippen LogP contribution in [0.15, 0.2) is 52.3 Å². The lowest BCUT2D eigenvalue weighted by Gasteiger charge is -2.26. The summed E-state index contributed by atoms with van der Waals surface area (Å²) in [5.41, 5.74) is 2.68. The molecule has 130 valence electrons. The number of nitrogens with one attached hydrogen (secondary N) is 2. The van der Waals surface area contributed by atoms with Crippen LogP contribution in [0.3, 0.4) is 0 Å². The first-order valence-corrected chi connectivity index (χ1v) is 9.34. The molecule has 1 heterocycles. The van der Waals surface area contributed by atoms with Gasteiger partial charge in [0.2, 0.25) is 9.84 Å². The largest absolute Gasteiger partial charge is 0.314 e.